The summed E-state index contributed by atoms with van der Waals surface area (Å²) in [5.74, 6) is 0.192. The number of aromatic nitrogens is 3. The van der Waals surface area contributed by atoms with Crippen LogP contribution in [-0.2, 0) is 17.8 Å². The van der Waals surface area contributed by atoms with Crippen LogP contribution in [0.1, 0.15) is 40.9 Å². The number of amides is 2. The molecule has 3 rings (SSSR count). The second kappa shape index (κ2) is 8.59. The molecule has 0 aliphatic heterocycles. The van der Waals surface area contributed by atoms with Crippen molar-refractivity contribution in [2.75, 3.05) is 5.32 Å². The first-order valence-electron chi connectivity index (χ1n) is 8.66. The standard InChI is InChI=1S/C19H21N5O2S/c1-3-24-17(9-10-20-24)23-18(26)16-12-27-19(22-16)15(21-13(2)25)11-14-7-5-4-6-8-14/h4-10,12,15H,3,11H2,1-2H3,(H,21,25)(H,23,26)/t15-/m1/s1. The average molecular weight is 383 g/mol. The number of nitrogens with zero attached hydrogens (tertiary/aromatic N) is 3. The van der Waals surface area contributed by atoms with Crippen LogP contribution < -0.4 is 10.6 Å². The average Bonchev–Trinajstić information content (AvgIpc) is 3.31. The number of hydrogen-bond acceptors (Lipinski definition) is 5. The highest BCUT2D eigenvalue weighted by Gasteiger charge is 2.20. The van der Waals surface area contributed by atoms with Gasteiger partial charge < -0.3 is 10.6 Å². The van der Waals surface area contributed by atoms with Gasteiger partial charge in [0.2, 0.25) is 5.91 Å². The molecule has 1 atom stereocenters. The summed E-state index contributed by atoms with van der Waals surface area (Å²) in [5, 5.41) is 12.3. The van der Waals surface area contributed by atoms with Gasteiger partial charge in [-0.25, -0.2) is 9.67 Å². The quantitative estimate of drug-likeness (QED) is 0.656. The molecule has 2 heterocycles. The van der Waals surface area contributed by atoms with E-state index in [1.807, 2.05) is 37.3 Å². The highest BCUT2D eigenvalue weighted by molar-refractivity contribution is 7.10. The summed E-state index contributed by atoms with van der Waals surface area (Å²) in [6.45, 7) is 4.09. The molecule has 2 aromatic heterocycles. The molecule has 0 bridgehead atoms. The summed E-state index contributed by atoms with van der Waals surface area (Å²) in [5.41, 5.74) is 1.41. The molecular formula is C19H21N5O2S. The highest BCUT2D eigenvalue weighted by atomic mass is 32.1. The molecule has 0 aliphatic carbocycles. The van der Waals surface area contributed by atoms with Gasteiger partial charge in [0, 0.05) is 24.9 Å². The van der Waals surface area contributed by atoms with Crippen LogP contribution >= 0.6 is 11.3 Å². The number of aryl methyl sites for hydroxylation is 1. The predicted molar refractivity (Wildman–Crippen MR) is 105 cm³/mol. The first-order valence-corrected chi connectivity index (χ1v) is 9.54. The summed E-state index contributed by atoms with van der Waals surface area (Å²) in [7, 11) is 0. The fraction of sp³-hybridized carbons (Fsp3) is 0.263. The fourth-order valence-electron chi connectivity index (χ4n) is 2.72. The van der Waals surface area contributed by atoms with Gasteiger partial charge >= 0.3 is 0 Å². The third kappa shape index (κ3) is 4.79. The number of carbonyl (C=O) groups is 2. The molecule has 7 nitrogen and oxygen atoms in total. The van der Waals surface area contributed by atoms with Crippen LogP contribution in [0.2, 0.25) is 0 Å². The molecule has 2 N–H and O–H groups in total. The molecule has 0 aliphatic rings. The van der Waals surface area contributed by atoms with E-state index in [2.05, 4.69) is 20.7 Å². The van der Waals surface area contributed by atoms with Crippen molar-refractivity contribution in [2.24, 2.45) is 0 Å². The van der Waals surface area contributed by atoms with E-state index in [9.17, 15) is 9.59 Å². The second-order valence-corrected chi connectivity index (χ2v) is 6.89. The third-order valence-corrected chi connectivity index (χ3v) is 4.93. The van der Waals surface area contributed by atoms with Crippen LogP contribution in [0, 0.1) is 0 Å². The zero-order valence-electron chi connectivity index (χ0n) is 15.2. The third-order valence-electron chi connectivity index (χ3n) is 3.97. The van der Waals surface area contributed by atoms with Gasteiger partial charge in [-0.05, 0) is 18.9 Å². The lowest BCUT2D eigenvalue weighted by Crippen LogP contribution is -2.27. The first kappa shape index (κ1) is 18.8. The van der Waals surface area contributed by atoms with Crippen LogP contribution in [0.25, 0.3) is 0 Å². The Labute approximate surface area is 161 Å². The zero-order chi connectivity index (χ0) is 19.2. The summed E-state index contributed by atoms with van der Waals surface area (Å²) < 4.78 is 1.70. The second-order valence-electron chi connectivity index (χ2n) is 6.00. The van der Waals surface area contributed by atoms with E-state index < -0.39 is 0 Å². The van der Waals surface area contributed by atoms with E-state index in [0.29, 0.717) is 29.5 Å². The summed E-state index contributed by atoms with van der Waals surface area (Å²) in [4.78, 5) is 28.6. The van der Waals surface area contributed by atoms with Crippen molar-refractivity contribution in [1.82, 2.24) is 20.1 Å². The Hall–Kier alpha value is -3.00. The van der Waals surface area contributed by atoms with E-state index in [1.165, 1.54) is 18.3 Å². The minimum absolute atomic E-state index is 0.135. The minimum Gasteiger partial charge on any atom is -0.347 e. The predicted octanol–water partition coefficient (Wildman–Crippen LogP) is 3.03. The minimum atomic E-state index is -0.297. The van der Waals surface area contributed by atoms with Crippen molar-refractivity contribution >= 4 is 29.0 Å². The first-order chi connectivity index (χ1) is 13.1. The van der Waals surface area contributed by atoms with Gasteiger partial charge in [0.15, 0.2) is 0 Å². The molecule has 0 saturated carbocycles. The monoisotopic (exact) mass is 383 g/mol. The van der Waals surface area contributed by atoms with Crippen molar-refractivity contribution in [3.05, 3.63) is 64.2 Å². The zero-order valence-corrected chi connectivity index (χ0v) is 16.0. The van der Waals surface area contributed by atoms with E-state index in [4.69, 9.17) is 0 Å². The normalized spacial score (nSPS) is 11.8. The number of anilines is 1. The molecule has 0 unspecified atom stereocenters. The van der Waals surface area contributed by atoms with Gasteiger partial charge in [0.25, 0.3) is 5.91 Å². The summed E-state index contributed by atoms with van der Waals surface area (Å²) >= 11 is 1.36. The molecule has 0 fully saturated rings. The Morgan fingerprint density at radius 1 is 1.22 bits per heavy atom. The van der Waals surface area contributed by atoms with Crippen molar-refractivity contribution in [2.45, 2.75) is 32.9 Å². The maximum absolute atomic E-state index is 12.5. The fourth-order valence-corrected chi connectivity index (χ4v) is 3.57. The van der Waals surface area contributed by atoms with Crippen molar-refractivity contribution < 1.29 is 9.59 Å². The van der Waals surface area contributed by atoms with Gasteiger partial charge in [-0.15, -0.1) is 11.3 Å². The Bertz CT molecular complexity index is 919. The number of nitrogens with one attached hydrogen (secondary N) is 2. The van der Waals surface area contributed by atoms with E-state index in [-0.39, 0.29) is 17.9 Å². The van der Waals surface area contributed by atoms with Gasteiger partial charge in [0.1, 0.15) is 16.5 Å². The Morgan fingerprint density at radius 3 is 2.70 bits per heavy atom. The molecule has 27 heavy (non-hydrogen) atoms. The Balaban J connectivity index is 1.76. The van der Waals surface area contributed by atoms with Crippen molar-refractivity contribution in [3.8, 4) is 0 Å². The summed E-state index contributed by atoms with van der Waals surface area (Å²) in [6, 6.07) is 11.3. The smallest absolute Gasteiger partial charge is 0.276 e. The van der Waals surface area contributed by atoms with E-state index in [1.54, 1.807) is 22.3 Å². The van der Waals surface area contributed by atoms with E-state index in [0.717, 1.165) is 5.56 Å². The molecule has 0 saturated heterocycles. The van der Waals surface area contributed by atoms with Gasteiger partial charge in [-0.1, -0.05) is 30.3 Å². The maximum atomic E-state index is 12.5. The lowest BCUT2D eigenvalue weighted by molar-refractivity contribution is -0.119. The molecule has 1 aromatic carbocycles. The van der Waals surface area contributed by atoms with Crippen molar-refractivity contribution in [1.29, 1.82) is 0 Å². The molecule has 3 aromatic rings. The number of thiazole rings is 1. The Morgan fingerprint density at radius 2 is 2.00 bits per heavy atom. The van der Waals surface area contributed by atoms with Gasteiger partial charge in [-0.2, -0.15) is 5.10 Å². The summed E-state index contributed by atoms with van der Waals surface area (Å²) in [6.07, 6.45) is 2.25. The molecule has 0 spiro atoms. The lowest BCUT2D eigenvalue weighted by atomic mass is 10.1. The van der Waals surface area contributed by atoms with Crippen LogP contribution in [0.5, 0.6) is 0 Å². The molecular weight excluding hydrogens is 362 g/mol. The molecule has 0 radical (unpaired) electrons. The largest absolute Gasteiger partial charge is 0.347 e. The SMILES string of the molecule is CCn1nccc1NC(=O)c1csc([C@@H](Cc2ccccc2)NC(C)=O)n1. The number of carbonyl (C=O) groups excluding carboxylic acids is 2. The molecule has 2 amide bonds. The molecule has 8 heteroatoms. The number of benzene rings is 1. The van der Waals surface area contributed by atoms with E-state index >= 15 is 0 Å². The number of hydrogen-bond donors (Lipinski definition) is 2. The van der Waals surface area contributed by atoms with Crippen LogP contribution in [0.4, 0.5) is 5.82 Å². The highest BCUT2D eigenvalue weighted by Crippen LogP contribution is 2.23. The van der Waals surface area contributed by atoms with Crippen LogP contribution in [0.15, 0.2) is 48.0 Å². The number of rotatable bonds is 7. The van der Waals surface area contributed by atoms with Crippen molar-refractivity contribution in [3.63, 3.8) is 0 Å². The van der Waals surface area contributed by atoms with Crippen LogP contribution in [0.3, 0.4) is 0 Å². The molecule has 140 valence electrons. The maximum Gasteiger partial charge on any atom is 0.276 e. The topological polar surface area (TPSA) is 88.9 Å². The Kier molecular flexibility index (Phi) is 5.97. The lowest BCUT2D eigenvalue weighted by Gasteiger charge is -2.15. The van der Waals surface area contributed by atoms with Gasteiger partial charge in [-0.3, -0.25) is 9.59 Å². The van der Waals surface area contributed by atoms with Gasteiger partial charge in [0.05, 0.1) is 12.2 Å². The van der Waals surface area contributed by atoms with Crippen LogP contribution in [-0.4, -0.2) is 26.6 Å².